The van der Waals surface area contributed by atoms with Crippen LogP contribution in [0.3, 0.4) is 0 Å². The van der Waals surface area contributed by atoms with Crippen LogP contribution >= 0.6 is 0 Å². The Hall–Kier alpha value is -2.06. The minimum absolute atomic E-state index is 0.276. The minimum atomic E-state index is -2.48. The normalized spacial score (nSPS) is 32.0. The van der Waals surface area contributed by atoms with Crippen molar-refractivity contribution in [1.29, 1.82) is 0 Å². The van der Waals surface area contributed by atoms with Crippen LogP contribution in [0.4, 0.5) is 13.6 Å². The number of urea groups is 1. The second kappa shape index (κ2) is 8.23. The number of nitrogens with zero attached hydrogens (tertiary/aromatic N) is 1. The van der Waals surface area contributed by atoms with Gasteiger partial charge in [0.05, 0.1) is 12.1 Å². The molecule has 0 bridgehead atoms. The number of amides is 3. The molecule has 166 valence electrons. The third-order valence-electron chi connectivity index (χ3n) is 7.26. The molecule has 8 heteroatoms. The third kappa shape index (κ3) is 3.83. The van der Waals surface area contributed by atoms with Gasteiger partial charge < -0.3 is 10.8 Å². The van der Waals surface area contributed by atoms with Crippen molar-refractivity contribution in [1.82, 2.24) is 10.2 Å². The summed E-state index contributed by atoms with van der Waals surface area (Å²) in [6.45, 7) is 5.73. The highest BCUT2D eigenvalue weighted by Gasteiger charge is 2.61. The van der Waals surface area contributed by atoms with Crippen LogP contribution in [0.25, 0.3) is 0 Å². The number of nitrogens with one attached hydrogen (secondary N) is 1. The number of likely N-dealkylation sites (tertiary alicyclic amines) is 1. The summed E-state index contributed by atoms with van der Waals surface area (Å²) in [6, 6.07) is 4.61. The van der Waals surface area contributed by atoms with Gasteiger partial charge in [0.2, 0.25) is 5.91 Å². The number of carbonyl (C=O) groups excluding carboxylic acids is 2. The Balaban J connectivity index is 2.08. The number of piperidine rings is 1. The van der Waals surface area contributed by atoms with Gasteiger partial charge in [0.1, 0.15) is 0 Å². The van der Waals surface area contributed by atoms with Gasteiger partial charge in [-0.25, -0.2) is 13.6 Å². The fourth-order valence-corrected chi connectivity index (χ4v) is 5.69. The summed E-state index contributed by atoms with van der Waals surface area (Å²) < 4.78 is 26.3. The van der Waals surface area contributed by atoms with E-state index in [1.807, 2.05) is 32.0 Å². The smallest absolute Gasteiger partial charge is 0.318 e. The van der Waals surface area contributed by atoms with Crippen LogP contribution in [-0.2, 0) is 10.2 Å². The molecule has 0 spiro atoms. The SMILES string of the molecule is Cc1ccc(C)c(C23CCN(CC(F)F)C(C)C2(O)CCC(C(=O)NC(N)=O)C3)c1. The molecule has 0 aromatic heterocycles. The fraction of sp³-hybridized carbons (Fsp3) is 0.636. The first-order chi connectivity index (χ1) is 14.0. The Labute approximate surface area is 175 Å². The molecular formula is C22H31F2N3O3. The van der Waals surface area contributed by atoms with Gasteiger partial charge in [-0.1, -0.05) is 23.8 Å². The second-order valence-corrected chi connectivity index (χ2v) is 8.93. The molecule has 3 amide bonds. The topological polar surface area (TPSA) is 95.7 Å². The number of hydrogen-bond acceptors (Lipinski definition) is 4. The van der Waals surface area contributed by atoms with Crippen LogP contribution in [0.5, 0.6) is 0 Å². The Morgan fingerprint density at radius 2 is 2.03 bits per heavy atom. The number of aryl methyl sites for hydroxylation is 2. The molecule has 4 atom stereocenters. The fourth-order valence-electron chi connectivity index (χ4n) is 5.69. The van der Waals surface area contributed by atoms with Crippen molar-refractivity contribution in [2.45, 2.75) is 69.9 Å². The number of hydrogen-bond donors (Lipinski definition) is 3. The van der Waals surface area contributed by atoms with Crippen molar-refractivity contribution < 1.29 is 23.5 Å². The number of rotatable bonds is 4. The van der Waals surface area contributed by atoms with Gasteiger partial charge in [0, 0.05) is 17.4 Å². The average molecular weight is 424 g/mol. The summed E-state index contributed by atoms with van der Waals surface area (Å²) in [5, 5.41) is 14.2. The van der Waals surface area contributed by atoms with E-state index >= 15 is 0 Å². The Kier molecular flexibility index (Phi) is 6.20. The van der Waals surface area contributed by atoms with Crippen LogP contribution in [0.2, 0.25) is 0 Å². The molecule has 2 fully saturated rings. The molecule has 0 radical (unpaired) electrons. The van der Waals surface area contributed by atoms with Crippen molar-refractivity contribution in [3.05, 3.63) is 34.9 Å². The maximum Gasteiger partial charge on any atom is 0.318 e. The molecule has 4 unspecified atom stereocenters. The van der Waals surface area contributed by atoms with Gasteiger partial charge in [0.25, 0.3) is 6.43 Å². The zero-order valence-electron chi connectivity index (χ0n) is 17.8. The first-order valence-electron chi connectivity index (χ1n) is 10.4. The summed E-state index contributed by atoms with van der Waals surface area (Å²) in [7, 11) is 0. The monoisotopic (exact) mass is 423 g/mol. The van der Waals surface area contributed by atoms with Crippen LogP contribution < -0.4 is 11.1 Å². The second-order valence-electron chi connectivity index (χ2n) is 8.93. The number of alkyl halides is 2. The number of nitrogens with two attached hydrogens (primary N) is 1. The highest BCUT2D eigenvalue weighted by Crippen LogP contribution is 2.56. The van der Waals surface area contributed by atoms with Crippen LogP contribution in [0, 0.1) is 19.8 Å². The molecule has 1 aromatic carbocycles. The van der Waals surface area contributed by atoms with E-state index in [4.69, 9.17) is 5.73 Å². The number of benzene rings is 1. The Morgan fingerprint density at radius 3 is 2.67 bits per heavy atom. The lowest BCUT2D eigenvalue weighted by Crippen LogP contribution is -2.70. The van der Waals surface area contributed by atoms with Gasteiger partial charge in [-0.3, -0.25) is 15.0 Å². The van der Waals surface area contributed by atoms with E-state index in [9.17, 15) is 23.5 Å². The zero-order chi connectivity index (χ0) is 22.3. The van der Waals surface area contributed by atoms with E-state index < -0.39 is 47.9 Å². The summed E-state index contributed by atoms with van der Waals surface area (Å²) in [5.74, 6) is -0.941. The largest absolute Gasteiger partial charge is 0.387 e. The van der Waals surface area contributed by atoms with E-state index in [-0.39, 0.29) is 6.42 Å². The van der Waals surface area contributed by atoms with Crippen LogP contribution in [0.15, 0.2) is 18.2 Å². The maximum atomic E-state index is 13.1. The molecule has 1 aliphatic heterocycles. The molecule has 3 rings (SSSR count). The quantitative estimate of drug-likeness (QED) is 0.694. The number of imide groups is 1. The van der Waals surface area contributed by atoms with Crippen molar-refractivity contribution >= 4 is 11.9 Å². The number of primary amides is 1. The van der Waals surface area contributed by atoms with E-state index in [1.165, 1.54) is 0 Å². The molecule has 1 saturated carbocycles. The summed E-state index contributed by atoms with van der Waals surface area (Å²) >= 11 is 0. The van der Waals surface area contributed by atoms with E-state index in [1.54, 1.807) is 11.8 Å². The highest BCUT2D eigenvalue weighted by atomic mass is 19.3. The average Bonchev–Trinajstić information content (AvgIpc) is 2.66. The molecule has 1 heterocycles. The van der Waals surface area contributed by atoms with Crippen molar-refractivity contribution in [2.75, 3.05) is 13.1 Å². The zero-order valence-corrected chi connectivity index (χ0v) is 17.8. The standard InChI is InChI=1S/C22H31F2N3O3/c1-13-4-5-14(2)17(10-13)21-8-9-27(12-18(23)24)15(3)22(21,30)7-6-16(11-21)19(28)26-20(25)29/h4-5,10,15-16,18,30H,6-9,11-12H2,1-3H3,(H3,25,26,28,29). The lowest BCUT2D eigenvalue weighted by atomic mass is 9.51. The van der Waals surface area contributed by atoms with Gasteiger partial charge in [0.15, 0.2) is 0 Å². The van der Waals surface area contributed by atoms with Gasteiger partial charge in [-0.2, -0.15) is 0 Å². The molecule has 30 heavy (non-hydrogen) atoms. The van der Waals surface area contributed by atoms with Crippen molar-refractivity contribution in [3.8, 4) is 0 Å². The lowest BCUT2D eigenvalue weighted by molar-refractivity contribution is -0.171. The summed E-state index contributed by atoms with van der Waals surface area (Å²) in [6.07, 6.45) is -1.07. The predicted molar refractivity (Wildman–Crippen MR) is 109 cm³/mol. The first-order valence-corrected chi connectivity index (χ1v) is 10.4. The van der Waals surface area contributed by atoms with Crippen LogP contribution in [-0.4, -0.2) is 53.1 Å². The number of halogens is 2. The highest BCUT2D eigenvalue weighted by molar-refractivity contribution is 5.94. The molecule has 1 aromatic rings. The van der Waals surface area contributed by atoms with E-state index in [0.717, 1.165) is 16.7 Å². The van der Waals surface area contributed by atoms with Crippen molar-refractivity contribution in [2.24, 2.45) is 11.7 Å². The maximum absolute atomic E-state index is 13.1. The minimum Gasteiger partial charge on any atom is -0.387 e. The number of aliphatic hydroxyl groups is 1. The predicted octanol–water partition coefficient (Wildman–Crippen LogP) is 2.63. The summed E-state index contributed by atoms with van der Waals surface area (Å²) in [4.78, 5) is 25.5. The molecule has 4 N–H and O–H groups in total. The number of carbonyl (C=O) groups is 2. The van der Waals surface area contributed by atoms with Gasteiger partial charge in [-0.15, -0.1) is 0 Å². The first kappa shape index (κ1) is 22.6. The lowest BCUT2D eigenvalue weighted by Gasteiger charge is -2.61. The van der Waals surface area contributed by atoms with Crippen molar-refractivity contribution in [3.63, 3.8) is 0 Å². The van der Waals surface area contributed by atoms with E-state index in [2.05, 4.69) is 5.32 Å². The third-order valence-corrected chi connectivity index (χ3v) is 7.26. The molecule has 1 saturated heterocycles. The summed E-state index contributed by atoms with van der Waals surface area (Å²) in [5.41, 5.74) is 6.05. The molecule has 2 aliphatic rings. The van der Waals surface area contributed by atoms with Gasteiger partial charge in [-0.05, 0) is 64.1 Å². The van der Waals surface area contributed by atoms with Crippen LogP contribution in [0.1, 0.15) is 49.3 Å². The number of fused-ring (bicyclic) bond motifs is 1. The Bertz CT molecular complexity index is 834. The Morgan fingerprint density at radius 1 is 1.33 bits per heavy atom. The molecule has 6 nitrogen and oxygen atoms in total. The van der Waals surface area contributed by atoms with Gasteiger partial charge >= 0.3 is 6.03 Å². The van der Waals surface area contributed by atoms with E-state index in [0.29, 0.717) is 25.8 Å². The molecule has 1 aliphatic carbocycles. The molecular weight excluding hydrogens is 392 g/mol.